The summed E-state index contributed by atoms with van der Waals surface area (Å²) in [5, 5.41) is 28.2. The van der Waals surface area contributed by atoms with E-state index in [2.05, 4.69) is 9.05 Å². The molecular weight excluding hydrogens is 326 g/mol. The summed E-state index contributed by atoms with van der Waals surface area (Å²) in [5.41, 5.74) is 0. The lowest BCUT2D eigenvalue weighted by molar-refractivity contribution is -0.287. The van der Waals surface area contributed by atoms with Crippen molar-refractivity contribution in [1.82, 2.24) is 0 Å². The van der Waals surface area contributed by atoms with Crippen LogP contribution in [0.3, 0.4) is 0 Å². The number of ether oxygens (including phenoxy) is 1. The van der Waals surface area contributed by atoms with E-state index < -0.39 is 53.0 Å². The number of hydrogen-bond donors (Lipinski definition) is 6. The van der Waals surface area contributed by atoms with Crippen LogP contribution in [0.25, 0.3) is 0 Å². The topological polar surface area (TPSA) is 206 Å². The van der Waals surface area contributed by atoms with Crippen LogP contribution in [0.5, 0.6) is 0 Å². The summed E-state index contributed by atoms with van der Waals surface area (Å²) < 4.78 is 33.9. The molecule has 1 aliphatic heterocycles. The first kappa shape index (κ1) is 18.1. The van der Waals surface area contributed by atoms with E-state index in [4.69, 9.17) is 24.5 Å². The molecule has 12 nitrogen and oxygen atoms in total. The standard InChI is InChI=1S/C6H14O12P2/c7-2-6(18-20(13,14)15)5(9)4(8)3(17-6)1-16-19(10,11)12/h3-5,7-9H,1-2H2,(H2,10,11,12)(H2,13,14,15)/p-1. The van der Waals surface area contributed by atoms with Gasteiger partial charge in [-0.1, -0.05) is 0 Å². The molecule has 1 fully saturated rings. The Morgan fingerprint density at radius 2 is 1.80 bits per heavy atom. The van der Waals surface area contributed by atoms with E-state index in [1.54, 1.807) is 0 Å². The van der Waals surface area contributed by atoms with Crippen molar-refractivity contribution in [3.05, 3.63) is 0 Å². The molecule has 120 valence electrons. The van der Waals surface area contributed by atoms with Crippen molar-refractivity contribution in [3.63, 3.8) is 0 Å². The highest BCUT2D eigenvalue weighted by Gasteiger charge is 2.57. The second-order valence-corrected chi connectivity index (χ2v) is 6.27. The second kappa shape index (κ2) is 6.05. The minimum Gasteiger partial charge on any atom is -0.756 e. The van der Waals surface area contributed by atoms with Crippen LogP contribution in [-0.4, -0.2) is 67.3 Å². The third-order valence-corrected chi connectivity index (χ3v) is 3.43. The average Bonchev–Trinajstić information content (AvgIpc) is 2.49. The molecule has 0 radical (unpaired) electrons. The van der Waals surface area contributed by atoms with Crippen LogP contribution < -0.4 is 4.89 Å². The van der Waals surface area contributed by atoms with Crippen molar-refractivity contribution in [1.29, 1.82) is 0 Å². The van der Waals surface area contributed by atoms with E-state index in [-0.39, 0.29) is 0 Å². The van der Waals surface area contributed by atoms with Gasteiger partial charge < -0.3 is 39.6 Å². The largest absolute Gasteiger partial charge is 0.756 e. The van der Waals surface area contributed by atoms with Gasteiger partial charge in [-0.15, -0.1) is 0 Å². The molecule has 0 saturated carbocycles. The highest BCUT2D eigenvalue weighted by Crippen LogP contribution is 2.45. The maximum absolute atomic E-state index is 10.6. The molecule has 1 rings (SSSR count). The fourth-order valence-corrected chi connectivity index (χ4v) is 2.53. The molecule has 0 bridgehead atoms. The Hall–Kier alpha value is 0.0600. The zero-order valence-corrected chi connectivity index (χ0v) is 11.5. The lowest BCUT2D eigenvalue weighted by Crippen LogP contribution is -2.48. The zero-order valence-electron chi connectivity index (χ0n) is 9.67. The van der Waals surface area contributed by atoms with Gasteiger partial charge in [-0.2, -0.15) is 0 Å². The van der Waals surface area contributed by atoms with Crippen LogP contribution in [0.15, 0.2) is 0 Å². The Morgan fingerprint density at radius 3 is 2.20 bits per heavy atom. The highest BCUT2D eigenvalue weighted by atomic mass is 31.2. The number of rotatable bonds is 6. The van der Waals surface area contributed by atoms with Gasteiger partial charge in [0.05, 0.1) is 6.61 Å². The van der Waals surface area contributed by atoms with E-state index in [1.165, 1.54) is 0 Å². The van der Waals surface area contributed by atoms with E-state index in [1.807, 2.05) is 0 Å². The second-order valence-electron chi connectivity index (χ2n) is 3.91. The SMILES string of the molecule is O=P([O-])(O)OC1(CO)OC(COP(=O)(O)O)C(O)C1O. The summed E-state index contributed by atoms with van der Waals surface area (Å²) >= 11 is 0. The minimum atomic E-state index is -5.44. The molecular formula is C6H13O12P2-. The number of phosphoric acid groups is 2. The Morgan fingerprint density at radius 1 is 1.25 bits per heavy atom. The number of aliphatic hydroxyl groups excluding tert-OH is 3. The molecule has 1 heterocycles. The van der Waals surface area contributed by atoms with Crippen molar-refractivity contribution in [2.45, 2.75) is 24.1 Å². The van der Waals surface area contributed by atoms with Crippen molar-refractivity contribution in [2.24, 2.45) is 0 Å². The summed E-state index contributed by atoms with van der Waals surface area (Å²) in [6.07, 6.45) is -5.62. The Balaban J connectivity index is 2.85. The molecule has 0 aromatic rings. The molecule has 5 atom stereocenters. The number of aliphatic hydroxyl groups is 3. The normalized spacial score (nSPS) is 37.9. The van der Waals surface area contributed by atoms with Crippen LogP contribution in [0.4, 0.5) is 0 Å². The molecule has 0 amide bonds. The van der Waals surface area contributed by atoms with Gasteiger partial charge in [0.15, 0.2) is 0 Å². The summed E-state index contributed by atoms with van der Waals surface area (Å²) in [5.74, 6) is -2.70. The minimum absolute atomic E-state index is 0.928. The van der Waals surface area contributed by atoms with Crippen LogP contribution in [0.2, 0.25) is 0 Å². The zero-order chi connectivity index (χ0) is 15.8. The molecule has 0 spiro atoms. The van der Waals surface area contributed by atoms with Gasteiger partial charge in [-0.05, 0) is 0 Å². The van der Waals surface area contributed by atoms with Gasteiger partial charge in [0.2, 0.25) is 5.79 Å². The van der Waals surface area contributed by atoms with Gasteiger partial charge in [-0.25, -0.2) is 4.57 Å². The van der Waals surface area contributed by atoms with Crippen LogP contribution >= 0.6 is 15.6 Å². The molecule has 6 N–H and O–H groups in total. The quantitative estimate of drug-likeness (QED) is 0.259. The van der Waals surface area contributed by atoms with Crippen LogP contribution in [0, 0.1) is 0 Å². The molecule has 20 heavy (non-hydrogen) atoms. The van der Waals surface area contributed by atoms with Crippen molar-refractivity contribution in [2.75, 3.05) is 13.2 Å². The number of phosphoric ester groups is 2. The van der Waals surface area contributed by atoms with E-state index >= 15 is 0 Å². The van der Waals surface area contributed by atoms with Crippen molar-refractivity contribution in [3.8, 4) is 0 Å². The fraction of sp³-hybridized carbons (Fsp3) is 1.00. The number of hydrogen-bond acceptors (Lipinski definition) is 9. The lowest BCUT2D eigenvalue weighted by atomic mass is 10.1. The first-order chi connectivity index (χ1) is 8.90. The Bertz CT molecular complexity index is 428. The average molecular weight is 339 g/mol. The first-order valence-electron chi connectivity index (χ1n) is 5.00. The fourth-order valence-electron chi connectivity index (χ4n) is 1.59. The van der Waals surface area contributed by atoms with Gasteiger partial charge in [-0.3, -0.25) is 13.6 Å². The Labute approximate surface area is 112 Å². The molecule has 0 aromatic carbocycles. The van der Waals surface area contributed by atoms with Gasteiger partial charge in [0, 0.05) is 0 Å². The predicted octanol–water partition coefficient (Wildman–Crippen LogP) is -3.62. The maximum Gasteiger partial charge on any atom is 0.469 e. The van der Waals surface area contributed by atoms with Gasteiger partial charge >= 0.3 is 7.82 Å². The highest BCUT2D eigenvalue weighted by molar-refractivity contribution is 7.46. The molecule has 14 heteroatoms. The van der Waals surface area contributed by atoms with Crippen LogP contribution in [-0.2, 0) is 22.9 Å². The van der Waals surface area contributed by atoms with E-state index in [0.717, 1.165) is 0 Å². The third kappa shape index (κ3) is 4.53. The van der Waals surface area contributed by atoms with Gasteiger partial charge in [0.1, 0.15) is 24.9 Å². The molecule has 5 unspecified atom stereocenters. The summed E-state index contributed by atoms with van der Waals surface area (Å²) in [7, 11) is -10.3. The molecule has 1 saturated heterocycles. The summed E-state index contributed by atoms with van der Waals surface area (Å²) in [4.78, 5) is 36.2. The van der Waals surface area contributed by atoms with Crippen molar-refractivity contribution >= 4 is 15.6 Å². The molecule has 0 aliphatic carbocycles. The van der Waals surface area contributed by atoms with E-state index in [0.29, 0.717) is 0 Å². The first-order valence-corrected chi connectivity index (χ1v) is 8.02. The van der Waals surface area contributed by atoms with Crippen molar-refractivity contribution < 1.29 is 57.8 Å². The third-order valence-electron chi connectivity index (χ3n) is 2.40. The predicted molar refractivity (Wildman–Crippen MR) is 55.6 cm³/mol. The van der Waals surface area contributed by atoms with Crippen LogP contribution in [0.1, 0.15) is 0 Å². The summed E-state index contributed by atoms with van der Waals surface area (Å²) in [6.45, 7) is -2.20. The molecule has 1 aliphatic rings. The Kier molecular flexibility index (Phi) is 5.48. The maximum atomic E-state index is 10.6. The lowest BCUT2D eigenvalue weighted by Gasteiger charge is -2.33. The molecule has 0 aromatic heterocycles. The monoisotopic (exact) mass is 339 g/mol. The summed E-state index contributed by atoms with van der Waals surface area (Å²) in [6, 6.07) is 0. The van der Waals surface area contributed by atoms with E-state index in [9.17, 15) is 24.2 Å². The smallest absolute Gasteiger partial charge is 0.469 e. The van der Waals surface area contributed by atoms with Gasteiger partial charge in [0.25, 0.3) is 7.82 Å².